The summed E-state index contributed by atoms with van der Waals surface area (Å²) < 4.78 is 0. The molecule has 0 aromatic heterocycles. The highest BCUT2D eigenvalue weighted by Crippen LogP contribution is 2.48. The number of aliphatic hydroxyl groups excluding tert-OH is 1. The molecule has 0 aliphatic heterocycles. The molecule has 0 heterocycles. The maximum absolute atomic E-state index is 9.98. The topological polar surface area (TPSA) is 142 Å². The van der Waals surface area contributed by atoms with E-state index in [-0.39, 0.29) is 25.7 Å². The van der Waals surface area contributed by atoms with E-state index in [9.17, 15) is 35.7 Å². The van der Waals surface area contributed by atoms with Crippen molar-refractivity contribution in [3.8, 4) is 0 Å². The van der Waals surface area contributed by atoms with Crippen molar-refractivity contribution < 1.29 is 35.7 Å². The highest BCUT2D eigenvalue weighted by atomic mass is 16.5. The van der Waals surface area contributed by atoms with Crippen molar-refractivity contribution in [3.05, 3.63) is 0 Å². The zero-order valence-corrected chi connectivity index (χ0v) is 12.3. The molecule has 7 N–H and O–H groups in total. The average molecular weight is 306 g/mol. The second-order valence-corrected chi connectivity index (χ2v) is 7.08. The van der Waals surface area contributed by atoms with E-state index in [1.165, 1.54) is 13.8 Å². The molecular weight excluding hydrogens is 280 g/mol. The minimum atomic E-state index is -2.24. The highest BCUT2D eigenvalue weighted by molar-refractivity contribution is 4.98. The van der Waals surface area contributed by atoms with Crippen molar-refractivity contribution in [2.75, 3.05) is 0 Å². The molecule has 7 nitrogen and oxygen atoms in total. The Morgan fingerprint density at radius 3 is 1.57 bits per heavy atom. The molecule has 0 amide bonds. The van der Waals surface area contributed by atoms with Crippen molar-refractivity contribution in [1.29, 1.82) is 0 Å². The smallest absolute Gasteiger partial charge is 0.170 e. The van der Waals surface area contributed by atoms with Crippen LogP contribution >= 0.6 is 0 Å². The van der Waals surface area contributed by atoms with Crippen LogP contribution in [0.3, 0.4) is 0 Å². The molecule has 0 bridgehead atoms. The minimum absolute atomic E-state index is 0.0452. The third-order valence-electron chi connectivity index (χ3n) is 5.59. The molecule has 2 fully saturated rings. The number of hydrogen-bond donors (Lipinski definition) is 7. The van der Waals surface area contributed by atoms with E-state index in [1.807, 2.05) is 0 Å². The summed E-state index contributed by atoms with van der Waals surface area (Å²) in [6.07, 6.45) is -0.916. The van der Waals surface area contributed by atoms with Crippen molar-refractivity contribution >= 4 is 0 Å². The van der Waals surface area contributed by atoms with Crippen LogP contribution in [0.25, 0.3) is 0 Å². The van der Waals surface area contributed by atoms with Gasteiger partial charge in [-0.15, -0.1) is 0 Å². The molecule has 3 atom stereocenters. The third kappa shape index (κ3) is 3.10. The molecule has 2 saturated carbocycles. The maximum Gasteiger partial charge on any atom is 0.170 e. The lowest BCUT2D eigenvalue weighted by Crippen LogP contribution is -2.59. The highest BCUT2D eigenvalue weighted by Gasteiger charge is 2.55. The molecule has 21 heavy (non-hydrogen) atoms. The first-order chi connectivity index (χ1) is 9.37. The predicted molar refractivity (Wildman–Crippen MR) is 71.3 cm³/mol. The lowest BCUT2D eigenvalue weighted by atomic mass is 9.63. The van der Waals surface area contributed by atoms with Gasteiger partial charge >= 0.3 is 0 Å². The molecule has 2 rings (SSSR count). The van der Waals surface area contributed by atoms with E-state index in [1.54, 1.807) is 0 Å². The van der Waals surface area contributed by atoms with E-state index < -0.39 is 47.1 Å². The van der Waals surface area contributed by atoms with Crippen LogP contribution in [0.2, 0.25) is 0 Å². The van der Waals surface area contributed by atoms with E-state index in [4.69, 9.17) is 0 Å². The van der Waals surface area contributed by atoms with Gasteiger partial charge in [0.2, 0.25) is 0 Å². The first kappa shape index (κ1) is 17.1. The first-order valence-electron chi connectivity index (χ1n) is 7.39. The molecule has 3 unspecified atom stereocenters. The fourth-order valence-electron chi connectivity index (χ4n) is 3.74. The van der Waals surface area contributed by atoms with E-state index in [0.717, 1.165) is 0 Å². The summed E-state index contributed by atoms with van der Waals surface area (Å²) in [5.41, 5.74) is 0. The monoisotopic (exact) mass is 306 g/mol. The lowest BCUT2D eigenvalue weighted by Gasteiger charge is -2.50. The standard InChI is InChI=1S/C14H26O7/c1-7-11(15)3-9(4-12(7,16)17)10-5-13(18,19)8(2)14(20,21)6-10/h7-11,15-21H,3-6H2,1-2H3. The third-order valence-corrected chi connectivity index (χ3v) is 5.59. The van der Waals surface area contributed by atoms with Crippen LogP contribution in [0.1, 0.15) is 39.5 Å². The van der Waals surface area contributed by atoms with Gasteiger partial charge < -0.3 is 35.7 Å². The molecule has 7 heteroatoms. The van der Waals surface area contributed by atoms with Crippen LogP contribution in [0, 0.1) is 23.7 Å². The molecule has 124 valence electrons. The molecule has 2 aliphatic carbocycles. The van der Waals surface area contributed by atoms with Gasteiger partial charge in [-0.2, -0.15) is 0 Å². The Morgan fingerprint density at radius 2 is 1.14 bits per heavy atom. The Bertz CT molecular complexity index is 375. The van der Waals surface area contributed by atoms with Gasteiger partial charge in [-0.25, -0.2) is 0 Å². The van der Waals surface area contributed by atoms with E-state index in [0.29, 0.717) is 0 Å². The first-order valence-corrected chi connectivity index (χ1v) is 7.39. The van der Waals surface area contributed by atoms with Gasteiger partial charge in [-0.3, -0.25) is 0 Å². The van der Waals surface area contributed by atoms with Gasteiger partial charge in [-0.1, -0.05) is 13.8 Å². The molecule has 0 spiro atoms. The summed E-state index contributed by atoms with van der Waals surface area (Å²) in [6.45, 7) is 2.88. The SMILES string of the molecule is CC1C(O)CC(C2CC(O)(O)C(C)C(O)(O)C2)CC1(O)O. The van der Waals surface area contributed by atoms with Gasteiger partial charge in [-0.05, 0) is 18.3 Å². The van der Waals surface area contributed by atoms with Gasteiger partial charge in [0.05, 0.1) is 12.0 Å². The van der Waals surface area contributed by atoms with Crippen LogP contribution in [0.15, 0.2) is 0 Å². The summed E-state index contributed by atoms with van der Waals surface area (Å²) in [5, 5.41) is 69.8. The van der Waals surface area contributed by atoms with Crippen LogP contribution in [0.4, 0.5) is 0 Å². The summed E-state index contributed by atoms with van der Waals surface area (Å²) in [5.74, 6) is -9.35. The average Bonchev–Trinajstić information content (AvgIpc) is 2.31. The maximum atomic E-state index is 9.98. The van der Waals surface area contributed by atoms with Crippen molar-refractivity contribution in [3.63, 3.8) is 0 Å². The van der Waals surface area contributed by atoms with Gasteiger partial charge in [0, 0.05) is 25.2 Å². The summed E-state index contributed by atoms with van der Waals surface area (Å²) in [6, 6.07) is 0. The van der Waals surface area contributed by atoms with Crippen molar-refractivity contribution in [1.82, 2.24) is 0 Å². The van der Waals surface area contributed by atoms with Crippen LogP contribution in [-0.2, 0) is 0 Å². The largest absolute Gasteiger partial charge is 0.393 e. The molecular formula is C14H26O7. The van der Waals surface area contributed by atoms with E-state index in [2.05, 4.69) is 0 Å². The summed E-state index contributed by atoms with van der Waals surface area (Å²) in [4.78, 5) is 0. The number of hydrogen-bond acceptors (Lipinski definition) is 7. The Kier molecular flexibility index (Phi) is 4.17. The zero-order valence-electron chi connectivity index (χ0n) is 12.3. The van der Waals surface area contributed by atoms with E-state index >= 15 is 0 Å². The van der Waals surface area contributed by atoms with Crippen LogP contribution in [-0.4, -0.2) is 59.2 Å². The Morgan fingerprint density at radius 1 is 0.714 bits per heavy atom. The van der Waals surface area contributed by atoms with Gasteiger partial charge in [0.25, 0.3) is 0 Å². The fraction of sp³-hybridized carbons (Fsp3) is 1.00. The second kappa shape index (κ2) is 5.13. The van der Waals surface area contributed by atoms with Gasteiger partial charge in [0.15, 0.2) is 17.4 Å². The Balaban J connectivity index is 2.19. The Hall–Kier alpha value is -0.280. The van der Waals surface area contributed by atoms with Crippen LogP contribution < -0.4 is 0 Å². The van der Waals surface area contributed by atoms with Crippen LogP contribution in [0.5, 0.6) is 0 Å². The molecule has 2 aliphatic rings. The summed E-state index contributed by atoms with van der Waals surface area (Å²) >= 11 is 0. The fourth-order valence-corrected chi connectivity index (χ4v) is 3.74. The second-order valence-electron chi connectivity index (χ2n) is 7.08. The van der Waals surface area contributed by atoms with Crippen molar-refractivity contribution in [2.24, 2.45) is 23.7 Å². The number of aliphatic hydroxyl groups is 7. The minimum Gasteiger partial charge on any atom is -0.393 e. The summed E-state index contributed by atoms with van der Waals surface area (Å²) in [7, 11) is 0. The quantitative estimate of drug-likeness (QED) is 0.292. The lowest BCUT2D eigenvalue weighted by molar-refractivity contribution is -0.338. The molecule has 0 aromatic rings. The number of rotatable bonds is 1. The predicted octanol–water partition coefficient (Wildman–Crippen LogP) is -1.52. The zero-order chi connectivity index (χ0) is 16.2. The van der Waals surface area contributed by atoms with Crippen molar-refractivity contribution in [2.45, 2.75) is 63.0 Å². The molecule has 0 radical (unpaired) electrons. The molecule has 0 aromatic carbocycles. The molecule has 0 saturated heterocycles. The normalized spacial score (nSPS) is 45.3. The van der Waals surface area contributed by atoms with Gasteiger partial charge in [0.1, 0.15) is 0 Å². The Labute approximate surface area is 123 Å².